The number of nitrogens with two attached hydrogens (primary N) is 1. The molecule has 4 heteroatoms. The van der Waals surface area contributed by atoms with Crippen LogP contribution in [0.15, 0.2) is 48.0 Å². The number of phenolic OH excluding ortho intramolecular Hbond substituents is 2. The van der Waals surface area contributed by atoms with Gasteiger partial charge in [-0.05, 0) is 35.3 Å². The molecule has 0 fully saturated rings. The first-order valence-corrected chi connectivity index (χ1v) is 7.48. The SMILES string of the molecule is CC(C)c1c(O)cc(C=C(Cc2ccccc2)C(N)=O)cc1O. The average Bonchev–Trinajstić information content (AvgIpc) is 2.46. The fourth-order valence-electron chi connectivity index (χ4n) is 2.55. The molecule has 0 unspecified atom stereocenters. The Morgan fingerprint density at radius 2 is 1.70 bits per heavy atom. The Morgan fingerprint density at radius 1 is 1.13 bits per heavy atom. The summed E-state index contributed by atoms with van der Waals surface area (Å²) in [5.74, 6) is -0.515. The number of carbonyl (C=O) groups excluding carboxylic acids is 1. The van der Waals surface area contributed by atoms with E-state index in [0.29, 0.717) is 23.1 Å². The van der Waals surface area contributed by atoms with Crippen molar-refractivity contribution in [3.63, 3.8) is 0 Å². The van der Waals surface area contributed by atoms with Crippen molar-refractivity contribution in [1.29, 1.82) is 0 Å². The number of aromatic hydroxyl groups is 2. The second-order valence-electron chi connectivity index (χ2n) is 5.82. The van der Waals surface area contributed by atoms with Crippen molar-refractivity contribution >= 4 is 12.0 Å². The van der Waals surface area contributed by atoms with E-state index < -0.39 is 5.91 Å². The molecular formula is C19H21NO3. The highest BCUT2D eigenvalue weighted by atomic mass is 16.3. The summed E-state index contributed by atoms with van der Waals surface area (Å²) in [4.78, 5) is 11.7. The van der Waals surface area contributed by atoms with E-state index in [1.807, 2.05) is 44.2 Å². The highest BCUT2D eigenvalue weighted by molar-refractivity contribution is 5.97. The highest BCUT2D eigenvalue weighted by Crippen LogP contribution is 2.35. The molecule has 1 amide bonds. The monoisotopic (exact) mass is 311 g/mol. The van der Waals surface area contributed by atoms with Crippen molar-refractivity contribution in [1.82, 2.24) is 0 Å². The maximum absolute atomic E-state index is 11.7. The second kappa shape index (κ2) is 7.01. The van der Waals surface area contributed by atoms with Gasteiger partial charge in [-0.15, -0.1) is 0 Å². The number of benzene rings is 2. The van der Waals surface area contributed by atoms with Crippen LogP contribution in [0.2, 0.25) is 0 Å². The lowest BCUT2D eigenvalue weighted by Crippen LogP contribution is -2.15. The summed E-state index contributed by atoms with van der Waals surface area (Å²) in [6.07, 6.45) is 1.99. The maximum Gasteiger partial charge on any atom is 0.244 e. The predicted molar refractivity (Wildman–Crippen MR) is 91.2 cm³/mol. The number of hydrogen-bond donors (Lipinski definition) is 3. The number of carbonyl (C=O) groups is 1. The van der Waals surface area contributed by atoms with Crippen LogP contribution in [0.5, 0.6) is 11.5 Å². The van der Waals surface area contributed by atoms with Crippen molar-refractivity contribution in [2.75, 3.05) is 0 Å². The van der Waals surface area contributed by atoms with E-state index in [-0.39, 0.29) is 17.4 Å². The van der Waals surface area contributed by atoms with Crippen LogP contribution in [-0.4, -0.2) is 16.1 Å². The van der Waals surface area contributed by atoms with E-state index in [1.165, 1.54) is 12.1 Å². The largest absolute Gasteiger partial charge is 0.507 e. The van der Waals surface area contributed by atoms with Gasteiger partial charge in [0.15, 0.2) is 0 Å². The molecule has 0 bridgehead atoms. The Bertz CT molecular complexity index is 711. The molecule has 4 nitrogen and oxygen atoms in total. The van der Waals surface area contributed by atoms with Crippen molar-refractivity contribution in [3.8, 4) is 11.5 Å². The van der Waals surface area contributed by atoms with Crippen molar-refractivity contribution in [2.45, 2.75) is 26.2 Å². The van der Waals surface area contributed by atoms with Gasteiger partial charge in [0, 0.05) is 17.6 Å². The molecule has 2 aromatic rings. The van der Waals surface area contributed by atoms with Crippen LogP contribution in [-0.2, 0) is 11.2 Å². The van der Waals surface area contributed by atoms with Crippen LogP contribution in [0, 0.1) is 0 Å². The molecule has 0 aliphatic rings. The third kappa shape index (κ3) is 4.13. The van der Waals surface area contributed by atoms with Crippen LogP contribution >= 0.6 is 0 Å². The van der Waals surface area contributed by atoms with Crippen molar-refractivity contribution in [3.05, 3.63) is 64.7 Å². The van der Waals surface area contributed by atoms with Crippen LogP contribution in [0.4, 0.5) is 0 Å². The van der Waals surface area contributed by atoms with E-state index in [0.717, 1.165) is 5.56 Å². The van der Waals surface area contributed by atoms with Gasteiger partial charge in [0.2, 0.25) is 5.91 Å². The molecule has 0 radical (unpaired) electrons. The standard InChI is InChI=1S/C19H21NO3/c1-12(2)18-16(21)10-14(11-17(18)22)9-15(19(20)23)8-13-6-4-3-5-7-13/h3-7,9-12,21-22H,8H2,1-2H3,(H2,20,23). The van der Waals surface area contributed by atoms with Crippen LogP contribution in [0.3, 0.4) is 0 Å². The van der Waals surface area contributed by atoms with Crippen LogP contribution in [0.1, 0.15) is 36.5 Å². The predicted octanol–water partition coefficient (Wildman–Crippen LogP) is 3.33. The zero-order valence-corrected chi connectivity index (χ0v) is 13.3. The fourth-order valence-corrected chi connectivity index (χ4v) is 2.55. The molecule has 120 valence electrons. The summed E-state index contributed by atoms with van der Waals surface area (Å²) < 4.78 is 0. The number of amides is 1. The first kappa shape index (κ1) is 16.6. The lowest BCUT2D eigenvalue weighted by Gasteiger charge is -2.12. The van der Waals surface area contributed by atoms with E-state index in [2.05, 4.69) is 0 Å². The summed E-state index contributed by atoms with van der Waals surface area (Å²) in [6.45, 7) is 3.77. The zero-order chi connectivity index (χ0) is 17.0. The van der Waals surface area contributed by atoms with Crippen LogP contribution in [0.25, 0.3) is 6.08 Å². The normalized spacial score (nSPS) is 11.7. The quantitative estimate of drug-likeness (QED) is 0.741. The van der Waals surface area contributed by atoms with E-state index in [1.54, 1.807) is 6.08 Å². The molecule has 23 heavy (non-hydrogen) atoms. The van der Waals surface area contributed by atoms with Gasteiger partial charge in [0.25, 0.3) is 0 Å². The van der Waals surface area contributed by atoms with Gasteiger partial charge < -0.3 is 15.9 Å². The summed E-state index contributed by atoms with van der Waals surface area (Å²) in [7, 11) is 0. The Kier molecular flexibility index (Phi) is 5.06. The molecule has 0 saturated carbocycles. The van der Waals surface area contributed by atoms with Crippen LogP contribution < -0.4 is 5.73 Å². The zero-order valence-electron chi connectivity index (χ0n) is 13.3. The number of hydrogen-bond acceptors (Lipinski definition) is 3. The number of primary amides is 1. The third-order valence-electron chi connectivity index (χ3n) is 3.63. The lowest BCUT2D eigenvalue weighted by atomic mass is 9.97. The first-order valence-electron chi connectivity index (χ1n) is 7.48. The van der Waals surface area contributed by atoms with Gasteiger partial charge >= 0.3 is 0 Å². The van der Waals surface area contributed by atoms with Gasteiger partial charge in [-0.1, -0.05) is 44.2 Å². The smallest absolute Gasteiger partial charge is 0.244 e. The molecule has 0 atom stereocenters. The Balaban J connectivity index is 2.38. The van der Waals surface area contributed by atoms with E-state index in [9.17, 15) is 15.0 Å². The third-order valence-corrected chi connectivity index (χ3v) is 3.63. The van der Waals surface area contributed by atoms with Gasteiger partial charge in [0.05, 0.1) is 0 Å². The number of rotatable bonds is 5. The van der Waals surface area contributed by atoms with Gasteiger partial charge in [-0.3, -0.25) is 4.79 Å². The molecule has 0 saturated heterocycles. The maximum atomic E-state index is 11.7. The Hall–Kier alpha value is -2.75. The minimum absolute atomic E-state index is 0.00652. The average molecular weight is 311 g/mol. The molecule has 0 heterocycles. The highest BCUT2D eigenvalue weighted by Gasteiger charge is 2.14. The van der Waals surface area contributed by atoms with Gasteiger partial charge in [-0.25, -0.2) is 0 Å². The second-order valence-corrected chi connectivity index (χ2v) is 5.82. The van der Waals surface area contributed by atoms with Crippen molar-refractivity contribution < 1.29 is 15.0 Å². The molecule has 0 aliphatic carbocycles. The van der Waals surface area contributed by atoms with E-state index in [4.69, 9.17) is 5.73 Å². The Labute approximate surface area is 135 Å². The molecule has 0 aliphatic heterocycles. The number of phenols is 2. The Morgan fingerprint density at radius 3 is 2.17 bits per heavy atom. The summed E-state index contributed by atoms with van der Waals surface area (Å²) in [5.41, 5.74) is 7.85. The molecule has 0 aromatic heterocycles. The molecule has 2 rings (SSSR count). The van der Waals surface area contributed by atoms with Gasteiger partial charge in [0.1, 0.15) is 11.5 Å². The molecular weight excluding hydrogens is 290 g/mol. The van der Waals surface area contributed by atoms with Gasteiger partial charge in [-0.2, -0.15) is 0 Å². The summed E-state index contributed by atoms with van der Waals surface area (Å²) >= 11 is 0. The van der Waals surface area contributed by atoms with E-state index >= 15 is 0 Å². The fraction of sp³-hybridized carbons (Fsp3) is 0.211. The van der Waals surface area contributed by atoms with Crippen molar-refractivity contribution in [2.24, 2.45) is 5.73 Å². The molecule has 2 aromatic carbocycles. The molecule has 4 N–H and O–H groups in total. The minimum atomic E-state index is -0.527. The minimum Gasteiger partial charge on any atom is -0.507 e. The molecule has 0 spiro atoms. The lowest BCUT2D eigenvalue weighted by molar-refractivity contribution is -0.114. The topological polar surface area (TPSA) is 83.5 Å². The summed E-state index contributed by atoms with van der Waals surface area (Å²) in [5, 5.41) is 20.2. The first-order chi connectivity index (χ1) is 10.9. The summed E-state index contributed by atoms with van der Waals surface area (Å²) in [6, 6.07) is 12.6.